The van der Waals surface area contributed by atoms with Crippen LogP contribution in [0.3, 0.4) is 0 Å². The normalized spacial score (nSPS) is 20.8. The zero-order valence-electron chi connectivity index (χ0n) is 12.4. The van der Waals surface area contributed by atoms with E-state index in [1.165, 1.54) is 0 Å². The van der Waals surface area contributed by atoms with Crippen LogP contribution in [-0.2, 0) is 20.9 Å². The van der Waals surface area contributed by atoms with Gasteiger partial charge in [0.1, 0.15) is 11.9 Å². The van der Waals surface area contributed by atoms with Gasteiger partial charge in [-0.1, -0.05) is 24.3 Å². The summed E-state index contributed by atoms with van der Waals surface area (Å²) in [4.78, 5) is 11.6. The molecule has 0 spiro atoms. The van der Waals surface area contributed by atoms with E-state index in [0.717, 1.165) is 24.2 Å². The van der Waals surface area contributed by atoms with Crippen LogP contribution < -0.4 is 4.74 Å². The highest BCUT2D eigenvalue weighted by Gasteiger charge is 2.14. The van der Waals surface area contributed by atoms with Crippen molar-refractivity contribution in [1.82, 2.24) is 0 Å². The summed E-state index contributed by atoms with van der Waals surface area (Å²) >= 11 is 0. The zero-order chi connectivity index (χ0) is 14.9. The second kappa shape index (κ2) is 8.47. The van der Waals surface area contributed by atoms with Crippen molar-refractivity contribution in [3.05, 3.63) is 42.0 Å². The van der Waals surface area contributed by atoms with Crippen LogP contribution >= 0.6 is 0 Å². The molecule has 0 amide bonds. The van der Waals surface area contributed by atoms with Crippen molar-refractivity contribution in [3.63, 3.8) is 0 Å². The highest BCUT2D eigenvalue weighted by atomic mass is 16.6. The zero-order valence-corrected chi connectivity index (χ0v) is 12.4. The number of carbonyl (C=O) groups is 1. The van der Waals surface area contributed by atoms with Crippen LogP contribution in [-0.4, -0.2) is 25.8 Å². The van der Waals surface area contributed by atoms with Crippen LogP contribution in [0.25, 0.3) is 0 Å². The number of cyclic esters (lactones) is 1. The second-order valence-corrected chi connectivity index (χ2v) is 5.07. The lowest BCUT2D eigenvalue weighted by Crippen LogP contribution is -2.22. The lowest BCUT2D eigenvalue weighted by atomic mass is 10.2. The third-order valence-corrected chi connectivity index (χ3v) is 3.35. The van der Waals surface area contributed by atoms with Crippen LogP contribution in [0.2, 0.25) is 0 Å². The van der Waals surface area contributed by atoms with Crippen molar-refractivity contribution in [2.24, 2.45) is 0 Å². The Morgan fingerprint density at radius 3 is 2.81 bits per heavy atom. The maximum absolute atomic E-state index is 11.6. The standard InChI is InChI=1S/C17H22O4/c1-19-15-10-8-14(9-11-15)12-20-13-16-6-4-2-3-5-7-17(18)21-16/h2,4,8-11,16H,3,5-7,12-13H2,1H3/b4-2-/t16-/m0/s1. The molecule has 0 radical (unpaired) electrons. The lowest BCUT2D eigenvalue weighted by Gasteiger charge is -2.16. The minimum atomic E-state index is -0.190. The molecule has 0 aromatic heterocycles. The van der Waals surface area contributed by atoms with E-state index in [1.54, 1.807) is 7.11 Å². The van der Waals surface area contributed by atoms with Gasteiger partial charge in [-0.05, 0) is 30.5 Å². The first kappa shape index (κ1) is 15.6. The van der Waals surface area contributed by atoms with Crippen molar-refractivity contribution in [2.75, 3.05) is 13.7 Å². The molecule has 1 atom stereocenters. The molecule has 0 unspecified atom stereocenters. The number of allylic oxidation sites excluding steroid dienone is 1. The molecule has 21 heavy (non-hydrogen) atoms. The van der Waals surface area contributed by atoms with Crippen molar-refractivity contribution in [3.8, 4) is 5.75 Å². The number of carbonyl (C=O) groups excluding carboxylic acids is 1. The third kappa shape index (κ3) is 5.60. The van der Waals surface area contributed by atoms with Crippen LogP contribution in [0, 0.1) is 0 Å². The molecule has 114 valence electrons. The average Bonchev–Trinajstić information content (AvgIpc) is 2.60. The van der Waals surface area contributed by atoms with E-state index < -0.39 is 0 Å². The number of methoxy groups -OCH3 is 1. The van der Waals surface area contributed by atoms with Gasteiger partial charge in [0, 0.05) is 12.8 Å². The van der Waals surface area contributed by atoms with Crippen LogP contribution in [0.1, 0.15) is 31.2 Å². The van der Waals surface area contributed by atoms with Crippen molar-refractivity contribution in [1.29, 1.82) is 0 Å². The molecule has 0 fully saturated rings. The van der Waals surface area contributed by atoms with Gasteiger partial charge in [0.25, 0.3) is 0 Å². The molecule has 1 aromatic carbocycles. The summed E-state index contributed by atoms with van der Waals surface area (Å²) < 4.78 is 16.2. The second-order valence-electron chi connectivity index (χ2n) is 5.07. The first-order chi connectivity index (χ1) is 10.3. The highest BCUT2D eigenvalue weighted by Crippen LogP contribution is 2.13. The first-order valence-corrected chi connectivity index (χ1v) is 7.33. The van der Waals surface area contributed by atoms with Gasteiger partial charge in [-0.2, -0.15) is 0 Å². The molecule has 1 aromatic rings. The summed E-state index contributed by atoms with van der Waals surface area (Å²) in [5, 5.41) is 0. The van der Waals surface area contributed by atoms with E-state index >= 15 is 0 Å². The number of hydrogen-bond donors (Lipinski definition) is 0. The Morgan fingerprint density at radius 2 is 2.05 bits per heavy atom. The van der Waals surface area contributed by atoms with Crippen LogP contribution in [0.5, 0.6) is 5.75 Å². The number of esters is 1. The van der Waals surface area contributed by atoms with Crippen LogP contribution in [0.15, 0.2) is 36.4 Å². The van der Waals surface area contributed by atoms with E-state index in [1.807, 2.05) is 24.3 Å². The van der Waals surface area contributed by atoms with E-state index in [2.05, 4.69) is 12.2 Å². The van der Waals surface area contributed by atoms with Crippen LogP contribution in [0.4, 0.5) is 0 Å². The summed E-state index contributed by atoms with van der Waals surface area (Å²) in [6.07, 6.45) is 6.99. The van der Waals surface area contributed by atoms with E-state index in [4.69, 9.17) is 14.2 Å². The molecule has 1 aliphatic heterocycles. The summed E-state index contributed by atoms with van der Waals surface area (Å²) in [6, 6.07) is 7.74. The molecule has 4 heteroatoms. The molecular formula is C17H22O4. The van der Waals surface area contributed by atoms with Crippen molar-refractivity contribution in [2.45, 2.75) is 38.4 Å². The van der Waals surface area contributed by atoms with Gasteiger partial charge in [-0.25, -0.2) is 0 Å². The largest absolute Gasteiger partial charge is 0.497 e. The van der Waals surface area contributed by atoms with E-state index in [9.17, 15) is 4.79 Å². The van der Waals surface area contributed by atoms with Gasteiger partial charge < -0.3 is 14.2 Å². The number of rotatable bonds is 5. The fourth-order valence-electron chi connectivity index (χ4n) is 2.16. The van der Waals surface area contributed by atoms with Gasteiger partial charge >= 0.3 is 5.97 Å². The summed E-state index contributed by atoms with van der Waals surface area (Å²) in [5.74, 6) is 0.700. The Labute approximate surface area is 125 Å². The predicted molar refractivity (Wildman–Crippen MR) is 80.1 cm³/mol. The Balaban J connectivity index is 1.78. The van der Waals surface area contributed by atoms with Crippen molar-refractivity contribution >= 4 is 5.97 Å². The molecule has 4 nitrogen and oxygen atoms in total. The average molecular weight is 290 g/mol. The smallest absolute Gasteiger partial charge is 0.306 e. The Hall–Kier alpha value is -1.81. The summed E-state index contributed by atoms with van der Waals surface area (Å²) in [5.41, 5.74) is 1.07. The lowest BCUT2D eigenvalue weighted by molar-refractivity contribution is -0.152. The SMILES string of the molecule is COc1ccc(COC[C@@H]2C/C=C\CCCC(=O)O2)cc1. The quantitative estimate of drug-likeness (QED) is 0.617. The third-order valence-electron chi connectivity index (χ3n) is 3.35. The molecule has 0 N–H and O–H groups in total. The Bertz CT molecular complexity index is 464. The summed E-state index contributed by atoms with van der Waals surface area (Å²) in [6.45, 7) is 0.921. The van der Waals surface area contributed by atoms with E-state index in [-0.39, 0.29) is 12.1 Å². The van der Waals surface area contributed by atoms with Gasteiger partial charge in [-0.3, -0.25) is 4.79 Å². The van der Waals surface area contributed by atoms with Crippen molar-refractivity contribution < 1.29 is 19.0 Å². The molecule has 0 saturated heterocycles. The number of hydrogen-bond acceptors (Lipinski definition) is 4. The molecule has 0 aliphatic carbocycles. The van der Waals surface area contributed by atoms with Gasteiger partial charge in [-0.15, -0.1) is 0 Å². The van der Waals surface area contributed by atoms with E-state index in [0.29, 0.717) is 26.1 Å². The molecule has 1 aliphatic rings. The minimum absolute atomic E-state index is 0.128. The molecular weight excluding hydrogens is 268 g/mol. The number of ether oxygens (including phenoxy) is 3. The maximum atomic E-state index is 11.6. The molecule has 0 bridgehead atoms. The Kier molecular flexibility index (Phi) is 6.28. The maximum Gasteiger partial charge on any atom is 0.306 e. The topological polar surface area (TPSA) is 44.8 Å². The predicted octanol–water partition coefficient (Wildman–Crippen LogP) is 3.25. The number of benzene rings is 1. The monoisotopic (exact) mass is 290 g/mol. The molecule has 0 saturated carbocycles. The Morgan fingerprint density at radius 1 is 1.24 bits per heavy atom. The molecule has 2 rings (SSSR count). The van der Waals surface area contributed by atoms with Gasteiger partial charge in [0.05, 0.1) is 20.3 Å². The highest BCUT2D eigenvalue weighted by molar-refractivity contribution is 5.69. The first-order valence-electron chi connectivity index (χ1n) is 7.33. The molecule has 1 heterocycles. The minimum Gasteiger partial charge on any atom is -0.497 e. The van der Waals surface area contributed by atoms with Gasteiger partial charge in [0.2, 0.25) is 0 Å². The summed E-state index contributed by atoms with van der Waals surface area (Å²) in [7, 11) is 1.64. The van der Waals surface area contributed by atoms with Gasteiger partial charge in [0.15, 0.2) is 0 Å². The fourth-order valence-corrected chi connectivity index (χ4v) is 2.16. The fraction of sp³-hybridized carbons (Fsp3) is 0.471.